The van der Waals surface area contributed by atoms with Crippen molar-refractivity contribution < 1.29 is 4.74 Å². The van der Waals surface area contributed by atoms with E-state index in [1.54, 1.807) is 18.2 Å². The Balaban J connectivity index is 2.15. The molecule has 2 unspecified atom stereocenters. The highest BCUT2D eigenvalue weighted by Gasteiger charge is 2.23. The molecule has 0 N–H and O–H groups in total. The van der Waals surface area contributed by atoms with Crippen molar-refractivity contribution in [2.45, 2.75) is 38.7 Å². The molecule has 0 heterocycles. The summed E-state index contributed by atoms with van der Waals surface area (Å²) in [6.45, 7) is 2.21. The fraction of sp³-hybridized carbons (Fsp3) is 0.500. The minimum atomic E-state index is 0.233. The van der Waals surface area contributed by atoms with Crippen LogP contribution < -0.4 is 4.74 Å². The number of halogens is 1. The Morgan fingerprint density at radius 2 is 2.12 bits per heavy atom. The van der Waals surface area contributed by atoms with E-state index < -0.39 is 0 Å². The minimum Gasteiger partial charge on any atom is -0.489 e. The molecule has 17 heavy (non-hydrogen) atoms. The smallest absolute Gasteiger partial charge is 0.137 e. The third-order valence-corrected chi connectivity index (χ3v) is 3.61. The summed E-state index contributed by atoms with van der Waals surface area (Å²) in [5, 5.41) is 9.62. The molecule has 3 heteroatoms. The Hall–Kier alpha value is -1.20. The summed E-state index contributed by atoms with van der Waals surface area (Å²) in [4.78, 5) is 0. The maximum Gasteiger partial charge on any atom is 0.137 e. The summed E-state index contributed by atoms with van der Waals surface area (Å²) in [6, 6.07) is 7.35. The molecule has 2 nitrogen and oxygen atoms in total. The Bertz CT molecular complexity index is 438. The molecular weight excluding hydrogens is 234 g/mol. The van der Waals surface area contributed by atoms with Crippen molar-refractivity contribution in [1.82, 2.24) is 0 Å². The molecule has 0 bridgehead atoms. The summed E-state index contributed by atoms with van der Waals surface area (Å²) >= 11 is 5.86. The molecule has 0 aromatic heterocycles. The number of hydrogen-bond donors (Lipinski definition) is 0. The molecule has 1 aliphatic rings. The van der Waals surface area contributed by atoms with E-state index in [9.17, 15) is 0 Å². The maximum absolute atomic E-state index is 9.05. The van der Waals surface area contributed by atoms with Gasteiger partial charge >= 0.3 is 0 Å². The third kappa shape index (κ3) is 2.92. The highest BCUT2D eigenvalue weighted by Crippen LogP contribution is 2.30. The first-order chi connectivity index (χ1) is 8.20. The van der Waals surface area contributed by atoms with E-state index in [4.69, 9.17) is 21.6 Å². The summed E-state index contributed by atoms with van der Waals surface area (Å²) in [5.41, 5.74) is 0.523. The van der Waals surface area contributed by atoms with E-state index in [-0.39, 0.29) is 6.10 Å². The Kier molecular flexibility index (Phi) is 3.91. The third-order valence-electron chi connectivity index (χ3n) is 3.37. The SMILES string of the molecule is CC1CCCCC1Oc1ccc(Cl)cc1C#N. The molecule has 2 rings (SSSR count). The monoisotopic (exact) mass is 249 g/mol. The molecule has 0 spiro atoms. The van der Waals surface area contributed by atoms with Crippen LogP contribution in [-0.4, -0.2) is 6.10 Å². The quantitative estimate of drug-likeness (QED) is 0.788. The summed E-state index contributed by atoms with van der Waals surface area (Å²) in [5.74, 6) is 1.22. The lowest BCUT2D eigenvalue weighted by Gasteiger charge is -2.29. The second-order valence-corrected chi connectivity index (χ2v) is 5.11. The van der Waals surface area contributed by atoms with Crippen molar-refractivity contribution in [3.63, 3.8) is 0 Å². The van der Waals surface area contributed by atoms with Crippen LogP contribution in [0, 0.1) is 17.2 Å². The number of rotatable bonds is 2. The molecule has 1 fully saturated rings. The largest absolute Gasteiger partial charge is 0.489 e. The maximum atomic E-state index is 9.05. The molecule has 2 atom stereocenters. The van der Waals surface area contributed by atoms with E-state index in [1.807, 2.05) is 0 Å². The van der Waals surface area contributed by atoms with Gasteiger partial charge in [0, 0.05) is 5.02 Å². The first-order valence-electron chi connectivity index (χ1n) is 6.07. The molecule has 0 saturated heterocycles. The number of benzene rings is 1. The van der Waals surface area contributed by atoms with Gasteiger partial charge in [-0.15, -0.1) is 0 Å². The van der Waals surface area contributed by atoms with Crippen LogP contribution in [0.25, 0.3) is 0 Å². The molecule has 90 valence electrons. The lowest BCUT2D eigenvalue weighted by atomic mass is 9.88. The second-order valence-electron chi connectivity index (χ2n) is 4.67. The molecular formula is C14H16ClNO. The zero-order valence-corrected chi connectivity index (χ0v) is 10.7. The van der Waals surface area contributed by atoms with Crippen LogP contribution in [-0.2, 0) is 0 Å². The van der Waals surface area contributed by atoms with Gasteiger partial charge in [-0.05, 0) is 43.4 Å². The van der Waals surface area contributed by atoms with Crippen LogP contribution in [0.5, 0.6) is 5.75 Å². The van der Waals surface area contributed by atoms with Crippen LogP contribution in [0.3, 0.4) is 0 Å². The number of hydrogen-bond acceptors (Lipinski definition) is 2. The first kappa shape index (κ1) is 12.3. The molecule has 0 radical (unpaired) electrons. The van der Waals surface area contributed by atoms with Gasteiger partial charge in [0.1, 0.15) is 17.9 Å². The highest BCUT2D eigenvalue weighted by molar-refractivity contribution is 6.30. The topological polar surface area (TPSA) is 33.0 Å². The van der Waals surface area contributed by atoms with Crippen molar-refractivity contribution in [2.24, 2.45) is 5.92 Å². The molecule has 1 aromatic rings. The molecule has 1 saturated carbocycles. The summed E-state index contributed by atoms with van der Waals surface area (Å²) < 4.78 is 5.96. The van der Waals surface area contributed by atoms with Gasteiger partial charge in [-0.1, -0.05) is 24.9 Å². The second kappa shape index (κ2) is 5.42. The van der Waals surface area contributed by atoms with Gasteiger partial charge in [0.2, 0.25) is 0 Å². The van der Waals surface area contributed by atoms with Crippen LogP contribution >= 0.6 is 11.6 Å². The molecule has 0 amide bonds. The average Bonchev–Trinajstić information content (AvgIpc) is 2.34. The molecule has 0 aliphatic heterocycles. The fourth-order valence-electron chi connectivity index (χ4n) is 2.31. The van der Waals surface area contributed by atoms with Crippen LogP contribution in [0.15, 0.2) is 18.2 Å². The van der Waals surface area contributed by atoms with E-state index in [1.165, 1.54) is 19.3 Å². The average molecular weight is 250 g/mol. The lowest BCUT2D eigenvalue weighted by Crippen LogP contribution is -2.28. The van der Waals surface area contributed by atoms with Gasteiger partial charge in [0.25, 0.3) is 0 Å². The van der Waals surface area contributed by atoms with Crippen molar-refractivity contribution in [1.29, 1.82) is 5.26 Å². The van der Waals surface area contributed by atoms with Crippen LogP contribution in [0.1, 0.15) is 38.2 Å². The standard InChI is InChI=1S/C14H16ClNO/c1-10-4-2-3-5-13(10)17-14-7-6-12(15)8-11(14)9-16/h6-8,10,13H,2-5H2,1H3. The predicted molar refractivity (Wildman–Crippen MR) is 68.2 cm³/mol. The van der Waals surface area contributed by atoms with Crippen molar-refractivity contribution in [3.8, 4) is 11.8 Å². The highest BCUT2D eigenvalue weighted by atomic mass is 35.5. The van der Waals surface area contributed by atoms with Crippen molar-refractivity contribution >= 4 is 11.6 Å². The van der Waals surface area contributed by atoms with Gasteiger partial charge in [0.05, 0.1) is 5.56 Å². The fourth-order valence-corrected chi connectivity index (χ4v) is 2.48. The van der Waals surface area contributed by atoms with Crippen LogP contribution in [0.2, 0.25) is 5.02 Å². The zero-order chi connectivity index (χ0) is 12.3. The summed E-state index contributed by atoms with van der Waals surface area (Å²) in [6.07, 6.45) is 5.02. The van der Waals surface area contributed by atoms with E-state index in [0.29, 0.717) is 22.3 Å². The Labute approximate surface area is 107 Å². The lowest BCUT2D eigenvalue weighted by molar-refractivity contribution is 0.102. The number of ether oxygens (including phenoxy) is 1. The number of nitrogens with zero attached hydrogens (tertiary/aromatic N) is 1. The minimum absolute atomic E-state index is 0.233. The zero-order valence-electron chi connectivity index (χ0n) is 9.95. The van der Waals surface area contributed by atoms with E-state index >= 15 is 0 Å². The normalized spacial score (nSPS) is 24.1. The molecule has 1 aromatic carbocycles. The van der Waals surface area contributed by atoms with Crippen LogP contribution in [0.4, 0.5) is 0 Å². The van der Waals surface area contributed by atoms with Crippen molar-refractivity contribution in [2.75, 3.05) is 0 Å². The Morgan fingerprint density at radius 3 is 2.82 bits per heavy atom. The van der Waals surface area contributed by atoms with Gasteiger partial charge in [-0.25, -0.2) is 0 Å². The van der Waals surface area contributed by atoms with Gasteiger partial charge in [-0.2, -0.15) is 5.26 Å². The summed E-state index contributed by atoms with van der Waals surface area (Å²) in [7, 11) is 0. The van der Waals surface area contributed by atoms with Gasteiger partial charge in [-0.3, -0.25) is 0 Å². The first-order valence-corrected chi connectivity index (χ1v) is 6.45. The molecule has 1 aliphatic carbocycles. The predicted octanol–water partition coefficient (Wildman–Crippen LogP) is 4.17. The van der Waals surface area contributed by atoms with Gasteiger partial charge < -0.3 is 4.74 Å². The van der Waals surface area contributed by atoms with Crippen molar-refractivity contribution in [3.05, 3.63) is 28.8 Å². The number of nitriles is 1. The van der Waals surface area contributed by atoms with E-state index in [2.05, 4.69) is 13.0 Å². The van der Waals surface area contributed by atoms with E-state index in [0.717, 1.165) is 6.42 Å². The van der Waals surface area contributed by atoms with Gasteiger partial charge in [0.15, 0.2) is 0 Å². The Morgan fingerprint density at radius 1 is 1.35 bits per heavy atom.